The van der Waals surface area contributed by atoms with E-state index in [1.807, 2.05) is 18.2 Å². The molecule has 1 aliphatic carbocycles. The second-order valence-corrected chi connectivity index (χ2v) is 7.19. The number of carbonyl (C=O) groups is 2. The van der Waals surface area contributed by atoms with Gasteiger partial charge < -0.3 is 15.0 Å². The third kappa shape index (κ3) is 6.24. The minimum atomic E-state index is -0.595. The molecular weight excluding hydrogens is 340 g/mol. The highest BCUT2D eigenvalue weighted by atomic mass is 35.5. The van der Waals surface area contributed by atoms with Crippen molar-refractivity contribution in [1.29, 1.82) is 0 Å². The minimum absolute atomic E-state index is 0.286. The first-order valence-electron chi connectivity index (χ1n) is 8.83. The van der Waals surface area contributed by atoms with E-state index in [-0.39, 0.29) is 12.0 Å². The van der Waals surface area contributed by atoms with Crippen molar-refractivity contribution in [1.82, 2.24) is 10.2 Å². The number of urea groups is 1. The number of amides is 2. The van der Waals surface area contributed by atoms with Crippen molar-refractivity contribution in [2.24, 2.45) is 5.92 Å². The van der Waals surface area contributed by atoms with E-state index in [0.29, 0.717) is 23.9 Å². The second-order valence-electron chi connectivity index (χ2n) is 6.75. The first kappa shape index (κ1) is 19.6. The zero-order valence-corrected chi connectivity index (χ0v) is 15.7. The molecule has 0 unspecified atom stereocenters. The Morgan fingerprint density at radius 3 is 2.68 bits per heavy atom. The summed E-state index contributed by atoms with van der Waals surface area (Å²) in [6.07, 6.45) is 6.52. The smallest absolute Gasteiger partial charge is 0.328 e. The molecule has 0 radical (unpaired) electrons. The first-order valence-corrected chi connectivity index (χ1v) is 9.21. The van der Waals surface area contributed by atoms with Crippen molar-refractivity contribution in [2.45, 2.75) is 51.1 Å². The molecule has 0 saturated heterocycles. The van der Waals surface area contributed by atoms with Gasteiger partial charge in [0.2, 0.25) is 0 Å². The summed E-state index contributed by atoms with van der Waals surface area (Å²) in [4.78, 5) is 26.1. The maximum atomic E-state index is 12.5. The van der Waals surface area contributed by atoms with Crippen molar-refractivity contribution in [3.05, 3.63) is 34.9 Å². The van der Waals surface area contributed by atoms with Gasteiger partial charge in [0.05, 0.1) is 7.11 Å². The maximum Gasteiger partial charge on any atom is 0.328 e. The molecule has 1 aromatic carbocycles. The Kier molecular flexibility index (Phi) is 7.56. The Bertz CT molecular complexity index is 588. The first-order chi connectivity index (χ1) is 12.0. The van der Waals surface area contributed by atoms with E-state index in [0.717, 1.165) is 18.4 Å². The molecule has 0 spiro atoms. The number of hydrogen-bond donors (Lipinski definition) is 1. The average Bonchev–Trinajstić information content (AvgIpc) is 2.61. The quantitative estimate of drug-likeness (QED) is 0.774. The van der Waals surface area contributed by atoms with E-state index in [9.17, 15) is 9.59 Å². The minimum Gasteiger partial charge on any atom is -0.467 e. The normalized spacial score (nSPS) is 16.1. The van der Waals surface area contributed by atoms with E-state index in [1.165, 1.54) is 26.4 Å². The summed E-state index contributed by atoms with van der Waals surface area (Å²) in [7, 11) is 3.06. The van der Waals surface area contributed by atoms with Crippen LogP contribution in [-0.4, -0.2) is 37.1 Å². The number of methoxy groups -OCH3 is 1. The molecule has 0 aromatic heterocycles. The van der Waals surface area contributed by atoms with Crippen LogP contribution in [0, 0.1) is 5.92 Å². The predicted molar refractivity (Wildman–Crippen MR) is 98.4 cm³/mol. The number of nitrogens with zero attached hydrogens (tertiary/aromatic N) is 1. The van der Waals surface area contributed by atoms with Crippen LogP contribution >= 0.6 is 11.6 Å². The maximum absolute atomic E-state index is 12.5. The largest absolute Gasteiger partial charge is 0.467 e. The van der Waals surface area contributed by atoms with Gasteiger partial charge in [0.1, 0.15) is 6.04 Å². The molecule has 0 aliphatic heterocycles. The van der Waals surface area contributed by atoms with Crippen molar-refractivity contribution in [3.63, 3.8) is 0 Å². The molecule has 25 heavy (non-hydrogen) atoms. The zero-order chi connectivity index (χ0) is 18.2. The summed E-state index contributed by atoms with van der Waals surface area (Å²) in [5.41, 5.74) is 0.937. The lowest BCUT2D eigenvalue weighted by Gasteiger charge is -2.27. The second kappa shape index (κ2) is 9.66. The fourth-order valence-corrected chi connectivity index (χ4v) is 3.57. The Morgan fingerprint density at radius 2 is 2.04 bits per heavy atom. The summed E-state index contributed by atoms with van der Waals surface area (Å²) < 4.78 is 4.88. The number of esters is 1. The third-order valence-electron chi connectivity index (χ3n) is 4.73. The molecule has 6 heteroatoms. The van der Waals surface area contributed by atoms with Crippen molar-refractivity contribution in [3.8, 4) is 0 Å². The predicted octanol–water partition coefficient (Wildman–Crippen LogP) is 3.99. The number of rotatable bonds is 6. The van der Waals surface area contributed by atoms with Gasteiger partial charge in [0, 0.05) is 18.6 Å². The summed E-state index contributed by atoms with van der Waals surface area (Å²) in [6.45, 7) is 0.420. The number of nitrogens with one attached hydrogen (secondary N) is 1. The molecule has 2 rings (SSSR count). The van der Waals surface area contributed by atoms with Gasteiger partial charge in [0.15, 0.2) is 0 Å². The van der Waals surface area contributed by atoms with Gasteiger partial charge in [-0.05, 0) is 30.0 Å². The van der Waals surface area contributed by atoms with Crippen LogP contribution in [0.15, 0.2) is 24.3 Å². The number of hydrogen-bond acceptors (Lipinski definition) is 3. The van der Waals surface area contributed by atoms with Crippen LogP contribution in [0.25, 0.3) is 0 Å². The van der Waals surface area contributed by atoms with Gasteiger partial charge in [-0.15, -0.1) is 0 Å². The summed E-state index contributed by atoms with van der Waals surface area (Å²) in [5, 5.41) is 3.46. The van der Waals surface area contributed by atoms with Crippen molar-refractivity contribution < 1.29 is 14.3 Å². The molecule has 1 aliphatic rings. The average molecular weight is 367 g/mol. The Balaban J connectivity index is 1.93. The van der Waals surface area contributed by atoms with Crippen molar-refractivity contribution >= 4 is 23.6 Å². The molecule has 1 atom stereocenters. The van der Waals surface area contributed by atoms with E-state index in [4.69, 9.17) is 16.3 Å². The van der Waals surface area contributed by atoms with Gasteiger partial charge in [0.25, 0.3) is 0 Å². The highest BCUT2D eigenvalue weighted by Crippen LogP contribution is 2.27. The van der Waals surface area contributed by atoms with Crippen LogP contribution in [0.1, 0.15) is 44.1 Å². The summed E-state index contributed by atoms with van der Waals surface area (Å²) >= 11 is 5.98. The van der Waals surface area contributed by atoms with Gasteiger partial charge in [-0.25, -0.2) is 9.59 Å². The monoisotopic (exact) mass is 366 g/mol. The fraction of sp³-hybridized carbons (Fsp3) is 0.579. The fourth-order valence-electron chi connectivity index (χ4n) is 3.35. The number of benzene rings is 1. The van der Waals surface area contributed by atoms with Gasteiger partial charge in [-0.1, -0.05) is 55.8 Å². The van der Waals surface area contributed by atoms with Crippen LogP contribution in [-0.2, 0) is 16.1 Å². The molecule has 1 fully saturated rings. The zero-order valence-electron chi connectivity index (χ0n) is 15.0. The van der Waals surface area contributed by atoms with Crippen LogP contribution in [0.5, 0.6) is 0 Å². The molecular formula is C19H27ClN2O3. The van der Waals surface area contributed by atoms with E-state index >= 15 is 0 Å². The molecule has 5 nitrogen and oxygen atoms in total. The summed E-state index contributed by atoms with van der Waals surface area (Å²) in [6, 6.07) is 6.50. The molecule has 1 N–H and O–H groups in total. The highest BCUT2D eigenvalue weighted by molar-refractivity contribution is 6.30. The van der Waals surface area contributed by atoms with Gasteiger partial charge in [-0.3, -0.25) is 0 Å². The van der Waals surface area contributed by atoms with Crippen LogP contribution in [0.4, 0.5) is 4.79 Å². The number of ether oxygens (including phenoxy) is 1. The molecule has 0 bridgehead atoms. The molecule has 138 valence electrons. The van der Waals surface area contributed by atoms with E-state index < -0.39 is 6.04 Å². The summed E-state index contributed by atoms with van der Waals surface area (Å²) in [5.74, 6) is 0.0893. The molecule has 1 aromatic rings. The lowest BCUT2D eigenvalue weighted by Crippen LogP contribution is -2.47. The van der Waals surface area contributed by atoms with Crippen LogP contribution in [0.2, 0.25) is 5.02 Å². The van der Waals surface area contributed by atoms with Gasteiger partial charge >= 0.3 is 12.0 Å². The lowest BCUT2D eigenvalue weighted by atomic mass is 9.85. The van der Waals surface area contributed by atoms with Crippen LogP contribution in [0.3, 0.4) is 0 Å². The van der Waals surface area contributed by atoms with E-state index in [1.54, 1.807) is 18.0 Å². The standard InChI is InChI=1S/C19H27ClN2O3/c1-22(13-15-9-6-10-16(20)11-15)19(24)21-17(18(23)25-2)12-14-7-4-3-5-8-14/h6,9-11,14,17H,3-5,7-8,12-13H2,1-2H3,(H,21,24)/t17-/m0/s1. The molecule has 1 saturated carbocycles. The highest BCUT2D eigenvalue weighted by Gasteiger charge is 2.27. The Hall–Kier alpha value is -1.75. The van der Waals surface area contributed by atoms with Crippen LogP contribution < -0.4 is 5.32 Å². The van der Waals surface area contributed by atoms with Gasteiger partial charge in [-0.2, -0.15) is 0 Å². The Labute approximate surface area is 154 Å². The Morgan fingerprint density at radius 1 is 1.32 bits per heavy atom. The third-order valence-corrected chi connectivity index (χ3v) is 4.97. The van der Waals surface area contributed by atoms with E-state index in [2.05, 4.69) is 5.32 Å². The topological polar surface area (TPSA) is 58.6 Å². The number of carbonyl (C=O) groups excluding carboxylic acids is 2. The number of halogens is 1. The molecule has 2 amide bonds. The lowest BCUT2D eigenvalue weighted by molar-refractivity contribution is -0.143. The molecule has 0 heterocycles. The SMILES string of the molecule is COC(=O)[C@H](CC1CCCCC1)NC(=O)N(C)Cc1cccc(Cl)c1. The van der Waals surface area contributed by atoms with Crippen molar-refractivity contribution in [2.75, 3.05) is 14.2 Å².